The van der Waals surface area contributed by atoms with E-state index < -0.39 is 7.82 Å². The molecule has 2 N–H and O–H groups in total. The quantitative estimate of drug-likeness (QED) is 0.119. The third-order valence-electron chi connectivity index (χ3n) is 3.89. The molecule has 0 aliphatic carbocycles. The molecule has 0 aliphatic rings. The summed E-state index contributed by atoms with van der Waals surface area (Å²) in [6, 6.07) is 0. The lowest BCUT2D eigenvalue weighted by Gasteiger charge is -2.03. The van der Waals surface area contributed by atoms with Crippen LogP contribution in [-0.4, -0.2) is 15.5 Å². The SMILES string of the molecule is CCCCCCCC/C=C\CCCCCCCCSOP(=O)(O)O. The third-order valence-corrected chi connectivity index (χ3v) is 5.54. The normalized spacial score (nSPS) is 12.3. The van der Waals surface area contributed by atoms with Gasteiger partial charge in [-0.1, -0.05) is 76.9 Å². The van der Waals surface area contributed by atoms with E-state index in [1.54, 1.807) is 0 Å². The predicted molar refractivity (Wildman–Crippen MR) is 105 cm³/mol. The summed E-state index contributed by atoms with van der Waals surface area (Å²) < 4.78 is 14.8. The summed E-state index contributed by atoms with van der Waals surface area (Å²) in [6.07, 6.45) is 22.4. The monoisotopic (exact) mass is 380 g/mol. The van der Waals surface area contributed by atoms with Crippen LogP contribution in [0.5, 0.6) is 0 Å². The van der Waals surface area contributed by atoms with Gasteiger partial charge < -0.3 is 9.79 Å². The summed E-state index contributed by atoms with van der Waals surface area (Å²) in [7, 11) is -4.30. The van der Waals surface area contributed by atoms with Crippen molar-refractivity contribution in [1.82, 2.24) is 0 Å². The van der Waals surface area contributed by atoms with Crippen LogP contribution in [0.4, 0.5) is 0 Å². The summed E-state index contributed by atoms with van der Waals surface area (Å²) in [4.78, 5) is 17.0. The van der Waals surface area contributed by atoms with E-state index in [9.17, 15) is 4.57 Å². The number of phosphoric acid groups is 1. The second-order valence-corrected chi connectivity index (χ2v) is 8.55. The fourth-order valence-electron chi connectivity index (χ4n) is 2.51. The standard InChI is InChI=1S/C18H37O4PS/c1-2-3-4-5-6-7-8-9-10-11-12-13-14-15-16-17-18-24-22-23(19,20)21/h9-10H,2-8,11-18H2,1H3,(H2,19,20,21)/b10-9-. The van der Waals surface area contributed by atoms with Crippen LogP contribution in [0.3, 0.4) is 0 Å². The van der Waals surface area contributed by atoms with Crippen LogP contribution in [0.25, 0.3) is 0 Å². The van der Waals surface area contributed by atoms with Gasteiger partial charge in [-0.3, -0.25) is 0 Å². The highest BCUT2D eigenvalue weighted by Crippen LogP contribution is 2.41. The Morgan fingerprint density at radius 2 is 1.25 bits per heavy atom. The maximum absolute atomic E-state index is 10.4. The topological polar surface area (TPSA) is 66.8 Å². The van der Waals surface area contributed by atoms with Gasteiger partial charge in [-0.25, -0.2) is 8.54 Å². The lowest BCUT2D eigenvalue weighted by molar-refractivity contribution is 0.298. The van der Waals surface area contributed by atoms with Gasteiger partial charge in [-0.05, 0) is 32.1 Å². The smallest absolute Gasteiger partial charge is 0.302 e. The van der Waals surface area contributed by atoms with E-state index >= 15 is 0 Å². The molecule has 0 amide bonds. The highest BCUT2D eigenvalue weighted by Gasteiger charge is 2.13. The summed E-state index contributed by atoms with van der Waals surface area (Å²) in [6.45, 7) is 2.26. The van der Waals surface area contributed by atoms with Crippen LogP contribution in [0.2, 0.25) is 0 Å². The van der Waals surface area contributed by atoms with Gasteiger partial charge in [0.15, 0.2) is 0 Å². The molecule has 0 bridgehead atoms. The van der Waals surface area contributed by atoms with E-state index in [4.69, 9.17) is 9.79 Å². The number of hydrogen-bond donors (Lipinski definition) is 2. The van der Waals surface area contributed by atoms with Crippen molar-refractivity contribution in [2.24, 2.45) is 0 Å². The van der Waals surface area contributed by atoms with Gasteiger partial charge in [-0.15, -0.1) is 0 Å². The van der Waals surface area contributed by atoms with Gasteiger partial charge in [0.05, 0.1) is 0 Å². The molecule has 24 heavy (non-hydrogen) atoms. The zero-order valence-electron chi connectivity index (χ0n) is 15.3. The minimum absolute atomic E-state index is 0.645. The second-order valence-electron chi connectivity index (χ2n) is 6.32. The first-order valence-corrected chi connectivity index (χ1v) is 12.0. The van der Waals surface area contributed by atoms with Crippen molar-refractivity contribution >= 4 is 19.9 Å². The molecule has 0 atom stereocenters. The Kier molecular flexibility index (Phi) is 18.2. The van der Waals surface area contributed by atoms with Crippen molar-refractivity contribution in [2.45, 2.75) is 96.8 Å². The molecule has 0 heterocycles. The summed E-state index contributed by atoms with van der Waals surface area (Å²) in [5.41, 5.74) is 0. The van der Waals surface area contributed by atoms with Crippen molar-refractivity contribution in [3.63, 3.8) is 0 Å². The molecule has 0 saturated heterocycles. The van der Waals surface area contributed by atoms with E-state index in [1.165, 1.54) is 77.0 Å². The maximum atomic E-state index is 10.4. The van der Waals surface area contributed by atoms with Crippen LogP contribution in [0, 0.1) is 0 Å². The number of hydrogen-bond acceptors (Lipinski definition) is 3. The van der Waals surface area contributed by atoms with E-state index in [0.29, 0.717) is 5.75 Å². The van der Waals surface area contributed by atoms with Gasteiger partial charge in [0.25, 0.3) is 0 Å². The Bertz CT molecular complexity index is 331. The summed E-state index contributed by atoms with van der Waals surface area (Å²) in [5.74, 6) is 0.645. The van der Waals surface area contributed by atoms with Gasteiger partial charge in [0.1, 0.15) is 0 Å². The molecule has 0 saturated carbocycles. The molecule has 0 aliphatic heterocycles. The van der Waals surface area contributed by atoms with E-state index in [1.807, 2.05) is 0 Å². The van der Waals surface area contributed by atoms with Crippen LogP contribution in [-0.2, 0) is 8.54 Å². The molecule has 0 radical (unpaired) electrons. The van der Waals surface area contributed by atoms with Gasteiger partial charge in [0, 0.05) is 17.8 Å². The van der Waals surface area contributed by atoms with Gasteiger partial charge >= 0.3 is 7.82 Å². The minimum Gasteiger partial charge on any atom is -0.302 e. The first kappa shape index (κ1) is 24.2. The first-order chi connectivity index (χ1) is 11.6. The Hall–Kier alpha value is 0.200. The Morgan fingerprint density at radius 3 is 1.75 bits per heavy atom. The third kappa shape index (κ3) is 22.2. The zero-order valence-corrected chi connectivity index (χ0v) is 17.0. The largest absolute Gasteiger partial charge is 0.480 e. The Labute approximate surface area is 153 Å². The van der Waals surface area contributed by atoms with Crippen LogP contribution < -0.4 is 0 Å². The molecule has 0 spiro atoms. The number of unbranched alkanes of at least 4 members (excludes halogenated alkanes) is 12. The lowest BCUT2D eigenvalue weighted by atomic mass is 10.1. The molecule has 0 fully saturated rings. The summed E-state index contributed by atoms with van der Waals surface area (Å²) in [5, 5.41) is 0. The zero-order chi connectivity index (χ0) is 17.9. The fourth-order valence-corrected chi connectivity index (χ4v) is 3.68. The van der Waals surface area contributed by atoms with E-state index in [0.717, 1.165) is 24.9 Å². The van der Waals surface area contributed by atoms with Crippen LogP contribution >= 0.6 is 19.9 Å². The molecule has 0 aromatic heterocycles. The molecule has 0 aromatic carbocycles. The fraction of sp³-hybridized carbons (Fsp3) is 0.889. The Morgan fingerprint density at radius 1 is 0.792 bits per heavy atom. The average Bonchev–Trinajstić information content (AvgIpc) is 2.52. The molecular weight excluding hydrogens is 343 g/mol. The Balaban J connectivity index is 3.11. The van der Waals surface area contributed by atoms with E-state index in [-0.39, 0.29) is 0 Å². The first-order valence-electron chi connectivity index (χ1n) is 9.58. The van der Waals surface area contributed by atoms with Crippen molar-refractivity contribution in [3.05, 3.63) is 12.2 Å². The molecular formula is C18H37O4PS. The average molecular weight is 381 g/mol. The predicted octanol–water partition coefficient (Wildman–Crippen LogP) is 6.78. The summed E-state index contributed by atoms with van der Waals surface area (Å²) >= 11 is 0.874. The molecule has 144 valence electrons. The number of rotatable bonds is 18. The lowest BCUT2D eigenvalue weighted by Crippen LogP contribution is -1.85. The van der Waals surface area contributed by atoms with Gasteiger partial charge in [-0.2, -0.15) is 0 Å². The molecule has 4 nitrogen and oxygen atoms in total. The highest BCUT2D eigenvalue weighted by molar-refractivity contribution is 7.97. The van der Waals surface area contributed by atoms with Crippen molar-refractivity contribution in [3.8, 4) is 0 Å². The minimum atomic E-state index is -4.30. The van der Waals surface area contributed by atoms with Crippen molar-refractivity contribution in [2.75, 3.05) is 5.75 Å². The van der Waals surface area contributed by atoms with E-state index in [2.05, 4.69) is 23.0 Å². The van der Waals surface area contributed by atoms with Crippen molar-refractivity contribution in [1.29, 1.82) is 0 Å². The number of allylic oxidation sites excluding steroid dienone is 2. The molecule has 0 aromatic rings. The van der Waals surface area contributed by atoms with Crippen molar-refractivity contribution < 1.29 is 18.3 Å². The second kappa shape index (κ2) is 18.0. The highest BCUT2D eigenvalue weighted by atomic mass is 32.2. The molecule has 0 unspecified atom stereocenters. The van der Waals surface area contributed by atoms with Gasteiger partial charge in [0.2, 0.25) is 0 Å². The molecule has 0 rings (SSSR count). The van der Waals surface area contributed by atoms with Crippen LogP contribution in [0.1, 0.15) is 96.8 Å². The molecule has 6 heteroatoms. The maximum Gasteiger partial charge on any atom is 0.480 e. The van der Waals surface area contributed by atoms with Crippen LogP contribution in [0.15, 0.2) is 12.2 Å².